The van der Waals surface area contributed by atoms with Gasteiger partial charge in [-0.25, -0.2) is 4.68 Å². The van der Waals surface area contributed by atoms with Gasteiger partial charge < -0.3 is 20.1 Å². The van der Waals surface area contributed by atoms with Gasteiger partial charge in [-0.2, -0.15) is 13.9 Å². The van der Waals surface area contributed by atoms with E-state index < -0.39 is 6.61 Å². The Balaban J connectivity index is 1.58. The van der Waals surface area contributed by atoms with Crippen molar-refractivity contribution in [1.29, 1.82) is 0 Å². The second-order valence-corrected chi connectivity index (χ2v) is 6.25. The molecule has 3 aromatic rings. The number of guanidine groups is 1. The van der Waals surface area contributed by atoms with Crippen LogP contribution in [0.25, 0.3) is 5.69 Å². The molecular weight excluding hydrogens is 392 g/mol. The van der Waals surface area contributed by atoms with E-state index in [9.17, 15) is 8.78 Å². The van der Waals surface area contributed by atoms with E-state index in [4.69, 9.17) is 4.74 Å². The van der Waals surface area contributed by atoms with Crippen LogP contribution in [0.1, 0.15) is 11.1 Å². The van der Waals surface area contributed by atoms with E-state index in [1.54, 1.807) is 30.1 Å². The van der Waals surface area contributed by atoms with E-state index in [-0.39, 0.29) is 12.3 Å². The van der Waals surface area contributed by atoms with Gasteiger partial charge >= 0.3 is 6.61 Å². The highest BCUT2D eigenvalue weighted by Crippen LogP contribution is 2.25. The van der Waals surface area contributed by atoms with Crippen LogP contribution in [-0.4, -0.2) is 36.5 Å². The molecule has 3 rings (SSSR count). The Bertz CT molecular complexity index is 960. The van der Waals surface area contributed by atoms with Crippen LogP contribution in [-0.2, 0) is 13.1 Å². The number of rotatable bonds is 8. The first-order chi connectivity index (χ1) is 14.6. The number of methoxy groups -OCH3 is 1. The number of nitrogens with one attached hydrogen (secondary N) is 2. The summed E-state index contributed by atoms with van der Waals surface area (Å²) in [6, 6.07) is 14.5. The molecule has 0 saturated heterocycles. The first kappa shape index (κ1) is 21.1. The zero-order valence-electron chi connectivity index (χ0n) is 16.7. The monoisotopic (exact) mass is 415 g/mol. The number of benzene rings is 2. The molecule has 0 aliphatic rings. The van der Waals surface area contributed by atoms with E-state index >= 15 is 0 Å². The third kappa shape index (κ3) is 5.69. The lowest BCUT2D eigenvalue weighted by Gasteiger charge is -2.15. The molecule has 0 spiro atoms. The largest absolute Gasteiger partial charge is 0.497 e. The summed E-state index contributed by atoms with van der Waals surface area (Å²) in [7, 11) is 3.15. The van der Waals surface area contributed by atoms with Crippen LogP contribution < -0.4 is 20.1 Å². The molecule has 0 aliphatic carbocycles. The molecule has 30 heavy (non-hydrogen) atoms. The zero-order chi connectivity index (χ0) is 21.3. The van der Waals surface area contributed by atoms with Crippen LogP contribution in [0.3, 0.4) is 0 Å². The maximum Gasteiger partial charge on any atom is 0.387 e. The lowest BCUT2D eigenvalue weighted by atomic mass is 10.2. The molecule has 0 amide bonds. The van der Waals surface area contributed by atoms with Crippen molar-refractivity contribution in [2.75, 3.05) is 14.2 Å². The molecule has 9 heteroatoms. The van der Waals surface area contributed by atoms with Crippen LogP contribution in [0.2, 0.25) is 0 Å². The normalized spacial score (nSPS) is 11.4. The first-order valence-electron chi connectivity index (χ1n) is 9.24. The van der Waals surface area contributed by atoms with Crippen molar-refractivity contribution in [3.8, 4) is 17.2 Å². The average molecular weight is 415 g/mol. The average Bonchev–Trinajstić information content (AvgIpc) is 3.29. The maximum atomic E-state index is 12.7. The smallest absolute Gasteiger partial charge is 0.387 e. The van der Waals surface area contributed by atoms with E-state index in [1.807, 2.05) is 36.5 Å². The third-order valence-electron chi connectivity index (χ3n) is 4.32. The molecule has 0 radical (unpaired) electrons. The Kier molecular flexibility index (Phi) is 7.20. The highest BCUT2D eigenvalue weighted by Gasteiger charge is 2.11. The molecule has 2 N–H and O–H groups in total. The molecular formula is C21H23F2N5O2. The van der Waals surface area contributed by atoms with Crippen molar-refractivity contribution < 1.29 is 18.3 Å². The van der Waals surface area contributed by atoms with Gasteiger partial charge in [-0.3, -0.25) is 4.99 Å². The lowest BCUT2D eigenvalue weighted by molar-refractivity contribution is -0.0504. The third-order valence-corrected chi connectivity index (χ3v) is 4.32. The molecule has 0 atom stereocenters. The summed E-state index contributed by atoms with van der Waals surface area (Å²) >= 11 is 0. The molecule has 0 fully saturated rings. The quantitative estimate of drug-likeness (QED) is 0.436. The second kappa shape index (κ2) is 10.2. The van der Waals surface area contributed by atoms with Gasteiger partial charge in [0.1, 0.15) is 11.5 Å². The zero-order valence-corrected chi connectivity index (χ0v) is 16.7. The predicted octanol–water partition coefficient (Wildman–Crippen LogP) is 3.35. The molecule has 0 unspecified atom stereocenters. The summed E-state index contributed by atoms with van der Waals surface area (Å²) in [4.78, 5) is 4.17. The first-order valence-corrected chi connectivity index (χ1v) is 9.24. The van der Waals surface area contributed by atoms with Gasteiger partial charge in [0.05, 0.1) is 12.8 Å². The van der Waals surface area contributed by atoms with Crippen molar-refractivity contribution in [3.63, 3.8) is 0 Å². The summed E-state index contributed by atoms with van der Waals surface area (Å²) in [5.41, 5.74) is 2.55. The van der Waals surface area contributed by atoms with Crippen molar-refractivity contribution in [2.45, 2.75) is 19.7 Å². The SMILES string of the molecule is CN=C(NCc1ccc(-n2cccn2)cc1)NCc1cc(OC)ccc1OC(F)F. The second-order valence-electron chi connectivity index (χ2n) is 6.25. The molecule has 0 saturated carbocycles. The highest BCUT2D eigenvalue weighted by atomic mass is 19.3. The number of alkyl halides is 2. The van der Waals surface area contributed by atoms with E-state index in [0.717, 1.165) is 11.3 Å². The minimum atomic E-state index is -2.90. The molecule has 1 heterocycles. The molecule has 158 valence electrons. The van der Waals surface area contributed by atoms with Gasteiger partial charge in [0.2, 0.25) is 0 Å². The Morgan fingerprint density at radius 2 is 1.90 bits per heavy atom. The highest BCUT2D eigenvalue weighted by molar-refractivity contribution is 5.79. The summed E-state index contributed by atoms with van der Waals surface area (Å²) in [6.07, 6.45) is 3.61. The van der Waals surface area contributed by atoms with Gasteiger partial charge in [0.15, 0.2) is 5.96 Å². The number of hydrogen-bond donors (Lipinski definition) is 2. The number of ether oxygens (including phenoxy) is 2. The Morgan fingerprint density at radius 3 is 2.53 bits per heavy atom. The Hall–Kier alpha value is -3.62. The van der Waals surface area contributed by atoms with Gasteiger partial charge in [0, 0.05) is 38.1 Å². The number of aliphatic imine (C=N–C) groups is 1. The summed E-state index contributed by atoms with van der Waals surface area (Å²) in [5.74, 6) is 1.16. The van der Waals surface area contributed by atoms with Crippen molar-refractivity contribution in [2.24, 2.45) is 4.99 Å². The Labute approximate surface area is 173 Å². The van der Waals surface area contributed by atoms with Gasteiger partial charge in [0.25, 0.3) is 0 Å². The number of nitrogens with zero attached hydrogens (tertiary/aromatic N) is 3. The number of aromatic nitrogens is 2. The number of halogens is 2. The van der Waals surface area contributed by atoms with E-state index in [2.05, 4.69) is 25.5 Å². The summed E-state index contributed by atoms with van der Waals surface area (Å²) in [6.45, 7) is -2.13. The minimum absolute atomic E-state index is 0.0861. The molecule has 0 aliphatic heterocycles. The molecule has 1 aromatic heterocycles. The van der Waals surface area contributed by atoms with Gasteiger partial charge in [-0.15, -0.1) is 0 Å². The minimum Gasteiger partial charge on any atom is -0.497 e. The van der Waals surface area contributed by atoms with Crippen molar-refractivity contribution >= 4 is 5.96 Å². The van der Waals surface area contributed by atoms with Gasteiger partial charge in [-0.1, -0.05) is 12.1 Å². The van der Waals surface area contributed by atoms with E-state index in [0.29, 0.717) is 23.8 Å². The van der Waals surface area contributed by atoms with E-state index in [1.165, 1.54) is 13.2 Å². The molecule has 7 nitrogen and oxygen atoms in total. The lowest BCUT2D eigenvalue weighted by Crippen LogP contribution is -2.36. The fourth-order valence-corrected chi connectivity index (χ4v) is 2.81. The van der Waals surface area contributed by atoms with Crippen LogP contribution in [0.4, 0.5) is 8.78 Å². The maximum absolute atomic E-state index is 12.7. The standard InChI is InChI=1S/C21H23F2N5O2/c1-24-21(25-13-15-4-6-17(7-5-15)28-11-3-10-27-28)26-14-16-12-18(29-2)8-9-19(16)30-20(22)23/h3-12,20H,13-14H2,1-2H3,(H2,24,25,26). The predicted molar refractivity (Wildman–Crippen MR) is 110 cm³/mol. The van der Waals surface area contributed by atoms with Crippen molar-refractivity contribution in [1.82, 2.24) is 20.4 Å². The van der Waals surface area contributed by atoms with Crippen molar-refractivity contribution in [3.05, 3.63) is 72.1 Å². The molecule has 0 bridgehead atoms. The van der Waals surface area contributed by atoms with Crippen LogP contribution >= 0.6 is 0 Å². The summed E-state index contributed by atoms with van der Waals surface area (Å²) < 4.78 is 36.9. The van der Waals surface area contributed by atoms with Gasteiger partial charge in [-0.05, 0) is 42.0 Å². The van der Waals surface area contributed by atoms with Crippen LogP contribution in [0.5, 0.6) is 11.5 Å². The summed E-state index contributed by atoms with van der Waals surface area (Å²) in [5, 5.41) is 10.5. The number of hydrogen-bond acceptors (Lipinski definition) is 4. The topological polar surface area (TPSA) is 72.7 Å². The fraction of sp³-hybridized carbons (Fsp3) is 0.238. The van der Waals surface area contributed by atoms with Crippen LogP contribution in [0, 0.1) is 0 Å². The van der Waals surface area contributed by atoms with Crippen LogP contribution in [0.15, 0.2) is 65.9 Å². The molecule has 2 aromatic carbocycles. The Morgan fingerprint density at radius 1 is 1.13 bits per heavy atom. The fourth-order valence-electron chi connectivity index (χ4n) is 2.81.